The summed E-state index contributed by atoms with van der Waals surface area (Å²) in [5.74, 6) is 0.828. The van der Waals surface area contributed by atoms with Crippen LogP contribution in [0.25, 0.3) is 0 Å². The van der Waals surface area contributed by atoms with Crippen molar-refractivity contribution in [3.05, 3.63) is 59.4 Å². The molecule has 0 aliphatic carbocycles. The Hall–Kier alpha value is -1.52. The number of halogens is 1. The lowest BCUT2D eigenvalue weighted by Gasteiger charge is -2.19. The fourth-order valence-electron chi connectivity index (χ4n) is 2.73. The predicted octanol–water partition coefficient (Wildman–Crippen LogP) is 3.63. The molecule has 2 unspecified atom stereocenters. The number of hydrogen-bond acceptors (Lipinski definition) is 3. The fourth-order valence-corrected chi connectivity index (χ4v) is 4.05. The van der Waals surface area contributed by atoms with E-state index in [9.17, 15) is 9.50 Å². The van der Waals surface area contributed by atoms with Crippen LogP contribution in [0.1, 0.15) is 17.0 Å². The van der Waals surface area contributed by atoms with Crippen molar-refractivity contribution in [2.75, 3.05) is 12.9 Å². The first kappa shape index (κ1) is 14.4. The average molecular weight is 304 g/mol. The number of ether oxygens (including phenoxy) is 1. The van der Waals surface area contributed by atoms with Gasteiger partial charge in [0.05, 0.1) is 13.2 Å². The van der Waals surface area contributed by atoms with E-state index < -0.39 is 6.10 Å². The third-order valence-corrected chi connectivity index (χ3v) is 5.07. The van der Waals surface area contributed by atoms with Gasteiger partial charge < -0.3 is 9.84 Å². The molecule has 3 rings (SSSR count). The molecule has 2 aromatic carbocycles. The summed E-state index contributed by atoms with van der Waals surface area (Å²) in [5, 5.41) is 10.5. The third kappa shape index (κ3) is 2.92. The molecule has 110 valence electrons. The van der Waals surface area contributed by atoms with Crippen LogP contribution in [0, 0.1) is 5.82 Å². The molecule has 2 nitrogen and oxygen atoms in total. The SMILES string of the molecule is COc1ccc(CC(O)C2CSc3ccccc32)cc1F. The molecule has 1 aliphatic heterocycles. The summed E-state index contributed by atoms with van der Waals surface area (Å²) in [4.78, 5) is 1.24. The quantitative estimate of drug-likeness (QED) is 0.935. The zero-order chi connectivity index (χ0) is 14.8. The second-order valence-corrected chi connectivity index (χ2v) is 6.26. The van der Waals surface area contributed by atoms with E-state index in [0.717, 1.165) is 11.3 Å². The van der Waals surface area contributed by atoms with Crippen LogP contribution in [0.3, 0.4) is 0 Å². The minimum Gasteiger partial charge on any atom is -0.494 e. The van der Waals surface area contributed by atoms with Crippen LogP contribution in [-0.4, -0.2) is 24.1 Å². The molecule has 1 heterocycles. The molecule has 1 N–H and O–H groups in total. The molecule has 0 aromatic heterocycles. The number of hydrogen-bond donors (Lipinski definition) is 1. The van der Waals surface area contributed by atoms with E-state index in [0.29, 0.717) is 6.42 Å². The average Bonchev–Trinajstić information content (AvgIpc) is 2.91. The molecule has 0 bridgehead atoms. The number of benzene rings is 2. The number of thioether (sulfide) groups is 1. The maximum Gasteiger partial charge on any atom is 0.165 e. The highest BCUT2D eigenvalue weighted by Gasteiger charge is 2.29. The van der Waals surface area contributed by atoms with Gasteiger partial charge in [-0.15, -0.1) is 11.8 Å². The number of fused-ring (bicyclic) bond motifs is 1. The van der Waals surface area contributed by atoms with E-state index in [1.165, 1.54) is 23.6 Å². The van der Waals surface area contributed by atoms with Gasteiger partial charge in [-0.1, -0.05) is 24.3 Å². The molecule has 4 heteroatoms. The first-order valence-corrected chi connectivity index (χ1v) is 7.90. The van der Waals surface area contributed by atoms with Crippen LogP contribution < -0.4 is 4.74 Å². The summed E-state index contributed by atoms with van der Waals surface area (Å²) < 4.78 is 18.6. The number of aliphatic hydroxyl groups is 1. The molecule has 1 aliphatic rings. The van der Waals surface area contributed by atoms with Crippen molar-refractivity contribution < 1.29 is 14.2 Å². The lowest BCUT2D eigenvalue weighted by Crippen LogP contribution is -2.21. The molecule has 0 saturated heterocycles. The lowest BCUT2D eigenvalue weighted by atomic mass is 9.91. The largest absolute Gasteiger partial charge is 0.494 e. The first-order valence-electron chi connectivity index (χ1n) is 6.91. The fraction of sp³-hybridized carbons (Fsp3) is 0.294. The van der Waals surface area contributed by atoms with E-state index in [1.54, 1.807) is 23.9 Å². The van der Waals surface area contributed by atoms with Crippen LogP contribution in [0.2, 0.25) is 0 Å². The van der Waals surface area contributed by atoms with Gasteiger partial charge in [-0.05, 0) is 35.7 Å². The van der Waals surface area contributed by atoms with E-state index in [2.05, 4.69) is 12.1 Å². The standard InChI is InChI=1S/C17H17FO2S/c1-20-16-7-6-11(8-14(16)18)9-15(19)13-10-21-17-5-3-2-4-12(13)17/h2-8,13,15,19H,9-10H2,1H3. The molecular weight excluding hydrogens is 287 g/mol. The number of rotatable bonds is 4. The third-order valence-electron chi connectivity index (χ3n) is 3.86. The van der Waals surface area contributed by atoms with Gasteiger partial charge in [0.15, 0.2) is 11.6 Å². The Morgan fingerprint density at radius 3 is 2.90 bits per heavy atom. The van der Waals surface area contributed by atoms with Gasteiger partial charge in [-0.2, -0.15) is 0 Å². The van der Waals surface area contributed by atoms with Crippen molar-refractivity contribution >= 4 is 11.8 Å². The molecule has 0 spiro atoms. The van der Waals surface area contributed by atoms with Crippen molar-refractivity contribution in [1.29, 1.82) is 0 Å². The van der Waals surface area contributed by atoms with E-state index in [4.69, 9.17) is 4.74 Å². The van der Waals surface area contributed by atoms with Crippen LogP contribution in [0.4, 0.5) is 4.39 Å². The molecule has 0 amide bonds. The summed E-state index contributed by atoms with van der Waals surface area (Å²) in [6, 6.07) is 13.0. The van der Waals surface area contributed by atoms with Crippen LogP contribution in [-0.2, 0) is 6.42 Å². The normalized spacial score (nSPS) is 18.3. The van der Waals surface area contributed by atoms with Crippen molar-refractivity contribution in [2.24, 2.45) is 0 Å². The monoisotopic (exact) mass is 304 g/mol. The van der Waals surface area contributed by atoms with Crippen LogP contribution in [0.5, 0.6) is 5.75 Å². The topological polar surface area (TPSA) is 29.5 Å². The number of methoxy groups -OCH3 is 1. The molecule has 21 heavy (non-hydrogen) atoms. The smallest absolute Gasteiger partial charge is 0.165 e. The number of aliphatic hydroxyl groups excluding tert-OH is 1. The van der Waals surface area contributed by atoms with Gasteiger partial charge in [0.1, 0.15) is 0 Å². The van der Waals surface area contributed by atoms with Crippen molar-refractivity contribution in [3.8, 4) is 5.75 Å². The van der Waals surface area contributed by atoms with Crippen molar-refractivity contribution in [3.63, 3.8) is 0 Å². The Labute approximate surface area is 128 Å². The predicted molar refractivity (Wildman–Crippen MR) is 82.6 cm³/mol. The maximum atomic E-state index is 13.7. The van der Waals surface area contributed by atoms with Crippen LogP contribution in [0.15, 0.2) is 47.4 Å². The van der Waals surface area contributed by atoms with Crippen molar-refractivity contribution in [2.45, 2.75) is 23.3 Å². The summed E-state index contributed by atoms with van der Waals surface area (Å²) in [5.41, 5.74) is 1.99. The molecule has 2 atom stereocenters. The van der Waals surface area contributed by atoms with E-state index in [-0.39, 0.29) is 17.5 Å². The minimum atomic E-state index is -0.506. The Morgan fingerprint density at radius 1 is 1.33 bits per heavy atom. The van der Waals surface area contributed by atoms with E-state index >= 15 is 0 Å². The maximum absolute atomic E-state index is 13.7. The van der Waals surface area contributed by atoms with Gasteiger partial charge >= 0.3 is 0 Å². The summed E-state index contributed by atoms with van der Waals surface area (Å²) in [6.07, 6.45) is -0.0607. The zero-order valence-corrected chi connectivity index (χ0v) is 12.6. The molecule has 0 fully saturated rings. The summed E-state index contributed by atoms with van der Waals surface area (Å²) >= 11 is 1.77. The zero-order valence-electron chi connectivity index (χ0n) is 11.8. The van der Waals surface area contributed by atoms with Gasteiger partial charge in [0.2, 0.25) is 0 Å². The van der Waals surface area contributed by atoms with Crippen LogP contribution >= 0.6 is 11.8 Å². The Morgan fingerprint density at radius 2 is 2.14 bits per heavy atom. The van der Waals surface area contributed by atoms with Gasteiger partial charge in [0, 0.05) is 16.6 Å². The summed E-state index contributed by atoms with van der Waals surface area (Å²) in [7, 11) is 1.44. The highest BCUT2D eigenvalue weighted by atomic mass is 32.2. The molecule has 0 radical (unpaired) electrons. The Kier molecular flexibility index (Phi) is 4.17. The second kappa shape index (κ2) is 6.08. The highest BCUT2D eigenvalue weighted by Crippen LogP contribution is 2.41. The Bertz CT molecular complexity index is 644. The first-order chi connectivity index (χ1) is 10.2. The lowest BCUT2D eigenvalue weighted by molar-refractivity contribution is 0.151. The minimum absolute atomic E-state index is 0.108. The molecule has 2 aromatic rings. The molecule has 0 saturated carbocycles. The van der Waals surface area contributed by atoms with Crippen molar-refractivity contribution in [1.82, 2.24) is 0 Å². The highest BCUT2D eigenvalue weighted by molar-refractivity contribution is 7.99. The summed E-state index contributed by atoms with van der Waals surface area (Å²) in [6.45, 7) is 0. The van der Waals surface area contributed by atoms with Gasteiger partial charge in [0.25, 0.3) is 0 Å². The van der Waals surface area contributed by atoms with Gasteiger partial charge in [-0.25, -0.2) is 4.39 Å². The van der Waals surface area contributed by atoms with Gasteiger partial charge in [-0.3, -0.25) is 0 Å². The molecular formula is C17H17FO2S. The second-order valence-electron chi connectivity index (χ2n) is 5.20. The van der Waals surface area contributed by atoms with E-state index in [1.807, 2.05) is 12.1 Å². The Balaban J connectivity index is 1.75.